The maximum absolute atomic E-state index is 12.9. The second-order valence-electron chi connectivity index (χ2n) is 13.4. The van der Waals surface area contributed by atoms with Gasteiger partial charge in [-0.25, -0.2) is 0 Å². The molecule has 0 aromatic heterocycles. The Bertz CT molecular complexity index is 504. The lowest BCUT2D eigenvalue weighted by Crippen LogP contribution is -2.49. The molecule has 1 N–H and O–H groups in total. The highest BCUT2D eigenvalue weighted by Gasteiger charge is 2.48. The Morgan fingerprint density at radius 3 is 1.38 bits per heavy atom. The number of rotatable bonds is 16. The normalized spacial score (nSPS) is 23.8. The van der Waals surface area contributed by atoms with Gasteiger partial charge in [0.2, 0.25) is 0 Å². The van der Waals surface area contributed by atoms with Crippen LogP contribution in [0.25, 0.3) is 0 Å². The molecule has 0 aliphatic heterocycles. The SMILES string of the molecule is CCCCCCCCCCCCCCCCOC(=O)C1CC(C(C)(C)C)C(O)C(C(C)(C)C)C1. The third-order valence-electron chi connectivity index (χ3n) is 8.20. The Kier molecular flexibility index (Phi) is 15.0. The molecule has 1 aliphatic carbocycles. The minimum absolute atomic E-state index is 0.0174. The zero-order chi connectivity index (χ0) is 25.6. The lowest BCUT2D eigenvalue weighted by atomic mass is 9.58. The molecule has 0 heterocycles. The van der Waals surface area contributed by atoms with E-state index < -0.39 is 0 Å². The molecule has 0 saturated heterocycles. The van der Waals surface area contributed by atoms with E-state index in [0.29, 0.717) is 6.61 Å². The monoisotopic (exact) mass is 480 g/mol. The fourth-order valence-corrected chi connectivity index (χ4v) is 5.78. The summed E-state index contributed by atoms with van der Waals surface area (Å²) >= 11 is 0. The molecule has 3 heteroatoms. The Morgan fingerprint density at radius 2 is 1.03 bits per heavy atom. The van der Waals surface area contributed by atoms with Crippen LogP contribution in [0.4, 0.5) is 0 Å². The molecule has 0 aromatic carbocycles. The van der Waals surface area contributed by atoms with Gasteiger partial charge in [-0.05, 0) is 41.9 Å². The zero-order valence-electron chi connectivity index (χ0n) is 24.1. The number of aliphatic hydroxyl groups excluding tert-OH is 1. The van der Waals surface area contributed by atoms with E-state index in [1.807, 2.05) is 0 Å². The molecular formula is C31H60O3. The van der Waals surface area contributed by atoms with Crippen molar-refractivity contribution in [3.8, 4) is 0 Å². The highest BCUT2D eigenvalue weighted by Crippen LogP contribution is 2.48. The first-order valence-corrected chi connectivity index (χ1v) is 14.8. The number of esters is 1. The number of unbranched alkanes of at least 4 members (excludes halogenated alkanes) is 13. The van der Waals surface area contributed by atoms with Gasteiger partial charge >= 0.3 is 5.97 Å². The van der Waals surface area contributed by atoms with E-state index in [1.165, 1.54) is 77.0 Å². The molecule has 0 aromatic rings. The van der Waals surface area contributed by atoms with E-state index in [4.69, 9.17) is 4.74 Å². The Hall–Kier alpha value is -0.570. The summed E-state index contributed by atoms with van der Waals surface area (Å²) < 4.78 is 5.73. The lowest BCUT2D eigenvalue weighted by Gasteiger charge is -2.48. The van der Waals surface area contributed by atoms with Crippen molar-refractivity contribution in [2.45, 2.75) is 157 Å². The topological polar surface area (TPSA) is 46.5 Å². The van der Waals surface area contributed by atoms with E-state index >= 15 is 0 Å². The molecule has 1 fully saturated rings. The van der Waals surface area contributed by atoms with Crippen molar-refractivity contribution < 1.29 is 14.6 Å². The number of aliphatic hydroxyl groups is 1. The molecule has 1 aliphatic rings. The highest BCUT2D eigenvalue weighted by molar-refractivity contribution is 5.72. The van der Waals surface area contributed by atoms with Crippen LogP contribution in [-0.4, -0.2) is 23.8 Å². The standard InChI is InChI=1S/C31H60O3/c1-8-9-10-11-12-13-14-15-16-17-18-19-20-21-22-34-29(33)25-23-26(30(2,3)4)28(32)27(24-25)31(5,6)7/h25-28,32H,8-24H2,1-7H3. The van der Waals surface area contributed by atoms with Crippen molar-refractivity contribution >= 4 is 5.97 Å². The van der Waals surface area contributed by atoms with Gasteiger partial charge in [-0.2, -0.15) is 0 Å². The van der Waals surface area contributed by atoms with Crippen molar-refractivity contribution in [3.05, 3.63) is 0 Å². The van der Waals surface area contributed by atoms with Crippen molar-refractivity contribution in [1.29, 1.82) is 0 Å². The quantitative estimate of drug-likeness (QED) is 0.177. The summed E-state index contributed by atoms with van der Waals surface area (Å²) in [5.74, 6) is 0.141. The Labute approximate surface area is 213 Å². The van der Waals surface area contributed by atoms with Crippen LogP contribution in [0, 0.1) is 28.6 Å². The molecule has 0 spiro atoms. The molecule has 2 atom stereocenters. The van der Waals surface area contributed by atoms with Gasteiger partial charge in [0, 0.05) is 0 Å². The van der Waals surface area contributed by atoms with Gasteiger partial charge in [-0.3, -0.25) is 4.79 Å². The predicted molar refractivity (Wildman–Crippen MR) is 146 cm³/mol. The molecule has 0 amide bonds. The Morgan fingerprint density at radius 1 is 0.676 bits per heavy atom. The lowest BCUT2D eigenvalue weighted by molar-refractivity contribution is -0.157. The minimum Gasteiger partial charge on any atom is -0.465 e. The molecule has 1 saturated carbocycles. The second kappa shape index (κ2) is 16.2. The molecule has 3 nitrogen and oxygen atoms in total. The number of ether oxygens (including phenoxy) is 1. The second-order valence-corrected chi connectivity index (χ2v) is 13.4. The van der Waals surface area contributed by atoms with Gasteiger partial charge in [0.05, 0.1) is 18.6 Å². The third kappa shape index (κ3) is 12.4. The van der Waals surface area contributed by atoms with Gasteiger partial charge in [0.15, 0.2) is 0 Å². The van der Waals surface area contributed by atoms with E-state index in [2.05, 4.69) is 48.5 Å². The van der Waals surface area contributed by atoms with E-state index in [9.17, 15) is 9.90 Å². The van der Waals surface area contributed by atoms with Crippen molar-refractivity contribution in [2.75, 3.05) is 6.61 Å². The van der Waals surface area contributed by atoms with E-state index in [-0.39, 0.29) is 40.7 Å². The maximum Gasteiger partial charge on any atom is 0.308 e. The average Bonchev–Trinajstić information content (AvgIpc) is 2.74. The van der Waals surface area contributed by atoms with Crippen LogP contribution < -0.4 is 0 Å². The predicted octanol–water partition coefficient (Wildman–Crippen LogP) is 9.11. The summed E-state index contributed by atoms with van der Waals surface area (Å²) in [6.07, 6.45) is 19.8. The van der Waals surface area contributed by atoms with Gasteiger partial charge in [0.25, 0.3) is 0 Å². The largest absolute Gasteiger partial charge is 0.465 e. The summed E-state index contributed by atoms with van der Waals surface area (Å²) in [6.45, 7) is 15.9. The first-order chi connectivity index (χ1) is 16.0. The Balaban J connectivity index is 2.17. The van der Waals surface area contributed by atoms with Crippen molar-refractivity contribution in [2.24, 2.45) is 28.6 Å². The fraction of sp³-hybridized carbons (Fsp3) is 0.968. The van der Waals surface area contributed by atoms with Gasteiger partial charge in [-0.15, -0.1) is 0 Å². The number of hydrogen-bond acceptors (Lipinski definition) is 3. The third-order valence-corrected chi connectivity index (χ3v) is 8.20. The van der Waals surface area contributed by atoms with E-state index in [0.717, 1.165) is 25.7 Å². The molecule has 1 rings (SSSR count). The van der Waals surface area contributed by atoms with Crippen LogP contribution in [0.1, 0.15) is 151 Å². The van der Waals surface area contributed by atoms with Crippen LogP contribution in [-0.2, 0) is 9.53 Å². The molecule has 202 valence electrons. The first-order valence-electron chi connectivity index (χ1n) is 14.8. The molecule has 0 bridgehead atoms. The summed E-state index contributed by atoms with van der Waals surface area (Å²) in [7, 11) is 0. The van der Waals surface area contributed by atoms with Crippen LogP contribution >= 0.6 is 0 Å². The van der Waals surface area contributed by atoms with Crippen LogP contribution in [0.2, 0.25) is 0 Å². The summed E-state index contributed by atoms with van der Waals surface area (Å²) in [5.41, 5.74) is -0.0347. The zero-order valence-corrected chi connectivity index (χ0v) is 24.1. The van der Waals surface area contributed by atoms with Crippen molar-refractivity contribution in [1.82, 2.24) is 0 Å². The number of carbonyl (C=O) groups excluding carboxylic acids is 1. The number of hydrogen-bond donors (Lipinski definition) is 1. The molecule has 0 radical (unpaired) electrons. The van der Waals surface area contributed by atoms with E-state index in [1.54, 1.807) is 0 Å². The van der Waals surface area contributed by atoms with Crippen LogP contribution in [0.5, 0.6) is 0 Å². The molecule has 34 heavy (non-hydrogen) atoms. The minimum atomic E-state index is -0.352. The van der Waals surface area contributed by atoms with Gasteiger partial charge in [0.1, 0.15) is 0 Å². The summed E-state index contributed by atoms with van der Waals surface area (Å²) in [6, 6.07) is 0. The molecular weight excluding hydrogens is 420 g/mol. The number of carbonyl (C=O) groups is 1. The van der Waals surface area contributed by atoms with Crippen LogP contribution in [0.3, 0.4) is 0 Å². The van der Waals surface area contributed by atoms with Crippen molar-refractivity contribution in [3.63, 3.8) is 0 Å². The van der Waals surface area contributed by atoms with Gasteiger partial charge in [-0.1, -0.05) is 132 Å². The van der Waals surface area contributed by atoms with Crippen LogP contribution in [0.15, 0.2) is 0 Å². The highest BCUT2D eigenvalue weighted by atomic mass is 16.5. The summed E-state index contributed by atoms with van der Waals surface area (Å²) in [4.78, 5) is 12.9. The average molecular weight is 481 g/mol. The first kappa shape index (κ1) is 31.5. The smallest absolute Gasteiger partial charge is 0.308 e. The summed E-state index contributed by atoms with van der Waals surface area (Å²) in [5, 5.41) is 11.1. The fourth-order valence-electron chi connectivity index (χ4n) is 5.78. The van der Waals surface area contributed by atoms with Gasteiger partial charge < -0.3 is 9.84 Å². The molecule has 2 unspecified atom stereocenters. The maximum atomic E-state index is 12.9.